The predicted molar refractivity (Wildman–Crippen MR) is 85.9 cm³/mol. The maximum Gasteiger partial charge on any atom is 0.119 e. The Bertz CT molecular complexity index is 564. The summed E-state index contributed by atoms with van der Waals surface area (Å²) in [5.74, 6) is 0.972. The van der Waals surface area contributed by atoms with Crippen LogP contribution in [0, 0.1) is 0 Å². The standard InChI is InChI=1S/C18H23NO2/c1-2-6-17-15-18(8-7-16(17)5-1)21-12-4-3-9-19-10-13-20-14-11-19/h1-2,5-8,15H,3-4,9-14H2. The highest BCUT2D eigenvalue weighted by Crippen LogP contribution is 2.20. The average Bonchev–Trinajstić information content (AvgIpc) is 2.55. The van der Waals surface area contributed by atoms with Crippen molar-refractivity contribution in [3.05, 3.63) is 42.5 Å². The third kappa shape index (κ3) is 4.19. The second-order valence-electron chi connectivity index (χ2n) is 5.52. The van der Waals surface area contributed by atoms with E-state index >= 15 is 0 Å². The van der Waals surface area contributed by atoms with Gasteiger partial charge in [0.15, 0.2) is 0 Å². The molecule has 3 rings (SSSR count). The lowest BCUT2D eigenvalue weighted by Crippen LogP contribution is -2.36. The summed E-state index contributed by atoms with van der Waals surface area (Å²) in [6, 6.07) is 14.7. The van der Waals surface area contributed by atoms with Crippen LogP contribution in [0.3, 0.4) is 0 Å². The Morgan fingerprint density at radius 3 is 2.62 bits per heavy atom. The highest BCUT2D eigenvalue weighted by atomic mass is 16.5. The van der Waals surface area contributed by atoms with Crippen molar-refractivity contribution in [2.24, 2.45) is 0 Å². The Balaban J connectivity index is 1.39. The van der Waals surface area contributed by atoms with Crippen molar-refractivity contribution < 1.29 is 9.47 Å². The first-order valence-electron chi connectivity index (χ1n) is 7.83. The molecule has 0 saturated carbocycles. The van der Waals surface area contributed by atoms with E-state index in [1.165, 1.54) is 17.2 Å². The molecule has 0 amide bonds. The molecule has 0 aromatic heterocycles. The molecule has 0 atom stereocenters. The molecule has 3 heteroatoms. The van der Waals surface area contributed by atoms with Crippen molar-refractivity contribution in [1.82, 2.24) is 4.90 Å². The molecule has 1 aliphatic heterocycles. The predicted octanol–water partition coefficient (Wildman–Crippen LogP) is 3.33. The third-order valence-electron chi connectivity index (χ3n) is 3.96. The number of morpholine rings is 1. The highest BCUT2D eigenvalue weighted by molar-refractivity contribution is 5.83. The van der Waals surface area contributed by atoms with Crippen LogP contribution in [0.4, 0.5) is 0 Å². The van der Waals surface area contributed by atoms with Crippen LogP contribution in [-0.4, -0.2) is 44.4 Å². The molecule has 0 radical (unpaired) electrons. The van der Waals surface area contributed by atoms with Gasteiger partial charge in [0, 0.05) is 13.1 Å². The van der Waals surface area contributed by atoms with Crippen LogP contribution in [-0.2, 0) is 4.74 Å². The lowest BCUT2D eigenvalue weighted by atomic mass is 10.1. The smallest absolute Gasteiger partial charge is 0.119 e. The van der Waals surface area contributed by atoms with Crippen molar-refractivity contribution >= 4 is 10.8 Å². The minimum absolute atomic E-state index is 0.794. The molecule has 0 bridgehead atoms. The van der Waals surface area contributed by atoms with Gasteiger partial charge in [-0.3, -0.25) is 4.90 Å². The molecular formula is C18H23NO2. The molecule has 1 aliphatic rings. The van der Waals surface area contributed by atoms with E-state index in [1.54, 1.807) is 0 Å². The Kier molecular flexibility index (Phi) is 5.08. The van der Waals surface area contributed by atoms with E-state index in [9.17, 15) is 0 Å². The van der Waals surface area contributed by atoms with Gasteiger partial charge in [-0.05, 0) is 42.3 Å². The fraction of sp³-hybridized carbons (Fsp3) is 0.444. The fourth-order valence-corrected chi connectivity index (χ4v) is 2.71. The monoisotopic (exact) mass is 285 g/mol. The fourth-order valence-electron chi connectivity index (χ4n) is 2.71. The quantitative estimate of drug-likeness (QED) is 0.760. The van der Waals surface area contributed by atoms with E-state index in [2.05, 4.69) is 47.4 Å². The summed E-state index contributed by atoms with van der Waals surface area (Å²) >= 11 is 0. The van der Waals surface area contributed by atoms with E-state index < -0.39 is 0 Å². The molecule has 3 nitrogen and oxygen atoms in total. The van der Waals surface area contributed by atoms with Crippen LogP contribution in [0.1, 0.15) is 12.8 Å². The Hall–Kier alpha value is -1.58. The van der Waals surface area contributed by atoms with E-state index in [-0.39, 0.29) is 0 Å². The number of hydrogen-bond acceptors (Lipinski definition) is 3. The van der Waals surface area contributed by atoms with Crippen LogP contribution in [0.2, 0.25) is 0 Å². The lowest BCUT2D eigenvalue weighted by molar-refractivity contribution is 0.0368. The van der Waals surface area contributed by atoms with Gasteiger partial charge in [-0.1, -0.05) is 30.3 Å². The minimum Gasteiger partial charge on any atom is -0.494 e. The zero-order chi connectivity index (χ0) is 14.3. The van der Waals surface area contributed by atoms with Crippen molar-refractivity contribution in [3.8, 4) is 5.75 Å². The van der Waals surface area contributed by atoms with Gasteiger partial charge in [-0.2, -0.15) is 0 Å². The van der Waals surface area contributed by atoms with E-state index in [4.69, 9.17) is 9.47 Å². The lowest BCUT2D eigenvalue weighted by Gasteiger charge is -2.26. The number of nitrogens with zero attached hydrogens (tertiary/aromatic N) is 1. The topological polar surface area (TPSA) is 21.7 Å². The first-order valence-corrected chi connectivity index (χ1v) is 7.83. The first kappa shape index (κ1) is 14.4. The number of hydrogen-bond donors (Lipinski definition) is 0. The van der Waals surface area contributed by atoms with E-state index in [1.807, 2.05) is 0 Å². The Labute approximate surface area is 126 Å². The molecule has 1 fully saturated rings. The molecule has 0 spiro atoms. The van der Waals surface area contributed by atoms with Crippen LogP contribution >= 0.6 is 0 Å². The average molecular weight is 285 g/mol. The maximum atomic E-state index is 5.86. The molecule has 2 aromatic carbocycles. The van der Waals surface area contributed by atoms with Crippen molar-refractivity contribution in [3.63, 3.8) is 0 Å². The second-order valence-corrected chi connectivity index (χ2v) is 5.52. The van der Waals surface area contributed by atoms with E-state index in [0.29, 0.717) is 0 Å². The van der Waals surface area contributed by atoms with Gasteiger partial charge in [-0.25, -0.2) is 0 Å². The summed E-state index contributed by atoms with van der Waals surface area (Å²) in [6.07, 6.45) is 2.29. The summed E-state index contributed by atoms with van der Waals surface area (Å²) < 4.78 is 11.2. The van der Waals surface area contributed by atoms with Crippen LogP contribution in [0.25, 0.3) is 10.8 Å². The number of ether oxygens (including phenoxy) is 2. The first-order chi connectivity index (χ1) is 10.4. The SMILES string of the molecule is c1ccc2cc(OCCCCN3CCOCC3)ccc2c1. The minimum atomic E-state index is 0.794. The summed E-state index contributed by atoms with van der Waals surface area (Å²) in [5, 5.41) is 2.50. The van der Waals surface area contributed by atoms with Crippen LogP contribution < -0.4 is 4.74 Å². The van der Waals surface area contributed by atoms with E-state index in [0.717, 1.165) is 51.6 Å². The number of unbranched alkanes of at least 4 members (excludes halogenated alkanes) is 1. The van der Waals surface area contributed by atoms with Gasteiger partial charge in [0.2, 0.25) is 0 Å². The molecule has 112 valence electrons. The zero-order valence-electron chi connectivity index (χ0n) is 12.5. The summed E-state index contributed by atoms with van der Waals surface area (Å²) in [5.41, 5.74) is 0. The zero-order valence-corrected chi connectivity index (χ0v) is 12.5. The summed E-state index contributed by atoms with van der Waals surface area (Å²) in [6.45, 7) is 5.87. The second kappa shape index (κ2) is 7.43. The largest absolute Gasteiger partial charge is 0.494 e. The molecule has 0 aliphatic carbocycles. The van der Waals surface area contributed by atoms with Gasteiger partial charge in [0.25, 0.3) is 0 Å². The molecule has 1 saturated heterocycles. The van der Waals surface area contributed by atoms with Crippen molar-refractivity contribution in [2.45, 2.75) is 12.8 Å². The molecule has 21 heavy (non-hydrogen) atoms. The Morgan fingerprint density at radius 2 is 1.76 bits per heavy atom. The van der Waals surface area contributed by atoms with Gasteiger partial charge < -0.3 is 9.47 Å². The third-order valence-corrected chi connectivity index (χ3v) is 3.96. The maximum absolute atomic E-state index is 5.86. The van der Waals surface area contributed by atoms with Crippen LogP contribution in [0.15, 0.2) is 42.5 Å². The van der Waals surface area contributed by atoms with Crippen molar-refractivity contribution in [1.29, 1.82) is 0 Å². The van der Waals surface area contributed by atoms with Crippen LogP contribution in [0.5, 0.6) is 5.75 Å². The molecular weight excluding hydrogens is 262 g/mol. The molecule has 2 aromatic rings. The molecule has 1 heterocycles. The van der Waals surface area contributed by atoms with Gasteiger partial charge in [0.05, 0.1) is 19.8 Å². The highest BCUT2D eigenvalue weighted by Gasteiger charge is 2.09. The normalized spacial score (nSPS) is 16.2. The molecule has 0 unspecified atom stereocenters. The summed E-state index contributed by atoms with van der Waals surface area (Å²) in [4.78, 5) is 2.47. The summed E-state index contributed by atoms with van der Waals surface area (Å²) in [7, 11) is 0. The van der Waals surface area contributed by atoms with Gasteiger partial charge in [0.1, 0.15) is 5.75 Å². The molecule has 0 N–H and O–H groups in total. The number of rotatable bonds is 6. The number of benzene rings is 2. The van der Waals surface area contributed by atoms with Gasteiger partial charge >= 0.3 is 0 Å². The Morgan fingerprint density at radius 1 is 0.952 bits per heavy atom. The van der Waals surface area contributed by atoms with Crippen molar-refractivity contribution in [2.75, 3.05) is 39.5 Å². The van der Waals surface area contributed by atoms with Gasteiger partial charge in [-0.15, -0.1) is 0 Å². The number of fused-ring (bicyclic) bond motifs is 1.